The molecule has 0 unspecified atom stereocenters. The number of H-pyrrole nitrogens is 1. The highest BCUT2D eigenvalue weighted by Crippen LogP contribution is 2.23. The maximum absolute atomic E-state index is 12.4. The van der Waals surface area contributed by atoms with Gasteiger partial charge in [-0.1, -0.05) is 11.6 Å². The largest absolute Gasteiger partial charge is 0.280 e. The Morgan fingerprint density at radius 2 is 2.05 bits per heavy atom. The Labute approximate surface area is 131 Å². The van der Waals surface area contributed by atoms with Gasteiger partial charge >= 0.3 is 0 Å². The monoisotopic (exact) mass is 332 g/mol. The summed E-state index contributed by atoms with van der Waals surface area (Å²) in [4.78, 5) is -0.0104. The second-order valence-corrected chi connectivity index (χ2v) is 6.62. The summed E-state index contributed by atoms with van der Waals surface area (Å²) in [5.74, 6) is 0. The number of hydrogen-bond acceptors (Lipinski definition) is 4. The van der Waals surface area contributed by atoms with E-state index in [0.29, 0.717) is 5.69 Å². The summed E-state index contributed by atoms with van der Waals surface area (Å²) in [6, 6.07) is 10.9. The lowest BCUT2D eigenvalue weighted by Crippen LogP contribution is -2.13. The Kier molecular flexibility index (Phi) is 3.48. The van der Waals surface area contributed by atoms with E-state index in [9.17, 15) is 8.42 Å². The Balaban J connectivity index is 1.96. The fraction of sp³-hybridized carbons (Fsp3) is 0. The molecule has 3 rings (SSSR count). The molecule has 6 nitrogen and oxygen atoms in total. The standard InChI is InChI=1S/C14H9ClN4O2S/c15-13-6-12(3-1-9(13)7-16)22(20,21)19-11-2-4-14-10(5-11)8-17-18-14/h1-6,8,19H,(H,17,18). The minimum absolute atomic E-state index is 0.0104. The van der Waals surface area contributed by atoms with Gasteiger partial charge in [0.05, 0.1) is 27.2 Å². The zero-order valence-electron chi connectivity index (χ0n) is 11.0. The predicted octanol–water partition coefficient (Wildman–Crippen LogP) is 2.89. The Morgan fingerprint density at radius 3 is 2.77 bits per heavy atom. The van der Waals surface area contributed by atoms with Gasteiger partial charge in [0, 0.05) is 11.1 Å². The Bertz CT molecular complexity index is 1010. The SMILES string of the molecule is N#Cc1ccc(S(=O)(=O)Nc2ccc3[nH]ncc3c2)cc1Cl. The van der Waals surface area contributed by atoms with Crippen LogP contribution in [-0.4, -0.2) is 18.6 Å². The van der Waals surface area contributed by atoms with Gasteiger partial charge in [-0.05, 0) is 36.4 Å². The number of nitrogens with zero attached hydrogens (tertiary/aromatic N) is 2. The molecule has 0 aliphatic heterocycles. The van der Waals surface area contributed by atoms with E-state index in [0.717, 1.165) is 10.9 Å². The van der Waals surface area contributed by atoms with Crippen LogP contribution < -0.4 is 4.72 Å². The molecule has 0 amide bonds. The fourth-order valence-electron chi connectivity index (χ4n) is 1.97. The van der Waals surface area contributed by atoms with E-state index in [1.807, 2.05) is 6.07 Å². The smallest absolute Gasteiger partial charge is 0.261 e. The van der Waals surface area contributed by atoms with E-state index in [1.54, 1.807) is 24.4 Å². The molecule has 2 N–H and O–H groups in total. The summed E-state index contributed by atoms with van der Waals surface area (Å²) in [5, 5.41) is 16.4. The molecule has 2 aromatic carbocycles. The number of anilines is 1. The van der Waals surface area contributed by atoms with Crippen molar-refractivity contribution in [1.82, 2.24) is 10.2 Å². The molecule has 1 aromatic heterocycles. The van der Waals surface area contributed by atoms with Gasteiger partial charge in [0.1, 0.15) is 6.07 Å². The van der Waals surface area contributed by atoms with Crippen molar-refractivity contribution in [3.63, 3.8) is 0 Å². The summed E-state index contributed by atoms with van der Waals surface area (Å²) in [6.45, 7) is 0. The highest BCUT2D eigenvalue weighted by Gasteiger charge is 2.16. The highest BCUT2D eigenvalue weighted by molar-refractivity contribution is 7.92. The van der Waals surface area contributed by atoms with Crippen LogP contribution in [0.2, 0.25) is 5.02 Å². The maximum Gasteiger partial charge on any atom is 0.261 e. The van der Waals surface area contributed by atoms with Crippen LogP contribution in [0.4, 0.5) is 5.69 Å². The quantitative estimate of drug-likeness (QED) is 0.770. The van der Waals surface area contributed by atoms with Crippen molar-refractivity contribution in [2.45, 2.75) is 4.90 Å². The number of nitrogens with one attached hydrogen (secondary N) is 2. The number of halogens is 1. The minimum atomic E-state index is -3.79. The molecule has 22 heavy (non-hydrogen) atoms. The first-order chi connectivity index (χ1) is 10.5. The van der Waals surface area contributed by atoms with Crippen molar-refractivity contribution in [2.75, 3.05) is 4.72 Å². The van der Waals surface area contributed by atoms with E-state index in [-0.39, 0.29) is 15.5 Å². The summed E-state index contributed by atoms with van der Waals surface area (Å²) in [5.41, 5.74) is 1.44. The van der Waals surface area contributed by atoms with Crippen LogP contribution in [0.1, 0.15) is 5.56 Å². The Hall–Kier alpha value is -2.56. The number of aromatic nitrogens is 2. The Morgan fingerprint density at radius 1 is 1.23 bits per heavy atom. The van der Waals surface area contributed by atoms with E-state index < -0.39 is 10.0 Å². The average molecular weight is 333 g/mol. The molecule has 3 aromatic rings. The lowest BCUT2D eigenvalue weighted by atomic mass is 10.2. The van der Waals surface area contributed by atoms with Crippen molar-refractivity contribution in [2.24, 2.45) is 0 Å². The van der Waals surface area contributed by atoms with Gasteiger partial charge in [-0.15, -0.1) is 0 Å². The molecule has 1 heterocycles. The van der Waals surface area contributed by atoms with E-state index in [4.69, 9.17) is 16.9 Å². The highest BCUT2D eigenvalue weighted by atomic mass is 35.5. The molecule has 8 heteroatoms. The first kappa shape index (κ1) is 14.4. The molecule has 0 radical (unpaired) electrons. The van der Waals surface area contributed by atoms with Gasteiger partial charge in [0.2, 0.25) is 0 Å². The maximum atomic E-state index is 12.4. The first-order valence-electron chi connectivity index (χ1n) is 6.15. The third-order valence-electron chi connectivity index (χ3n) is 3.06. The molecule has 0 aliphatic rings. The zero-order chi connectivity index (χ0) is 15.7. The number of aromatic amines is 1. The molecule has 0 saturated carbocycles. The fourth-order valence-corrected chi connectivity index (χ4v) is 3.34. The van der Waals surface area contributed by atoms with Crippen LogP contribution in [-0.2, 0) is 10.0 Å². The second-order valence-electron chi connectivity index (χ2n) is 4.53. The van der Waals surface area contributed by atoms with Gasteiger partial charge in [-0.2, -0.15) is 10.4 Å². The van der Waals surface area contributed by atoms with Crippen molar-refractivity contribution in [1.29, 1.82) is 5.26 Å². The van der Waals surface area contributed by atoms with Crippen LogP contribution >= 0.6 is 11.6 Å². The number of rotatable bonds is 3. The lowest BCUT2D eigenvalue weighted by Gasteiger charge is -2.09. The molecule has 110 valence electrons. The van der Waals surface area contributed by atoms with Crippen LogP contribution in [0.5, 0.6) is 0 Å². The van der Waals surface area contributed by atoms with Crippen molar-refractivity contribution in [3.8, 4) is 6.07 Å². The number of benzene rings is 2. The summed E-state index contributed by atoms with van der Waals surface area (Å²) in [6.07, 6.45) is 1.60. The van der Waals surface area contributed by atoms with E-state index in [1.165, 1.54) is 18.2 Å². The van der Waals surface area contributed by atoms with Crippen LogP contribution in [0, 0.1) is 11.3 Å². The van der Waals surface area contributed by atoms with Gasteiger partial charge in [-0.25, -0.2) is 8.42 Å². The van der Waals surface area contributed by atoms with Gasteiger partial charge < -0.3 is 0 Å². The summed E-state index contributed by atoms with van der Waals surface area (Å²) in [7, 11) is -3.79. The number of nitriles is 1. The number of sulfonamides is 1. The molecule has 0 bridgehead atoms. The van der Waals surface area contributed by atoms with Gasteiger partial charge in [0.15, 0.2) is 0 Å². The van der Waals surface area contributed by atoms with E-state index >= 15 is 0 Å². The average Bonchev–Trinajstić information content (AvgIpc) is 2.94. The van der Waals surface area contributed by atoms with E-state index in [2.05, 4.69) is 14.9 Å². The van der Waals surface area contributed by atoms with Crippen molar-refractivity contribution >= 4 is 38.2 Å². The lowest BCUT2D eigenvalue weighted by molar-refractivity contribution is 0.601. The third kappa shape index (κ3) is 2.62. The van der Waals surface area contributed by atoms with Crippen LogP contribution in [0.15, 0.2) is 47.5 Å². The number of fused-ring (bicyclic) bond motifs is 1. The van der Waals surface area contributed by atoms with Crippen LogP contribution in [0.3, 0.4) is 0 Å². The van der Waals surface area contributed by atoms with Crippen LogP contribution in [0.25, 0.3) is 10.9 Å². The molecule has 0 fully saturated rings. The second kappa shape index (κ2) is 5.33. The molecule has 0 aliphatic carbocycles. The molecule has 0 spiro atoms. The molecular weight excluding hydrogens is 324 g/mol. The molecular formula is C14H9ClN4O2S. The van der Waals surface area contributed by atoms with Gasteiger partial charge in [0.25, 0.3) is 10.0 Å². The summed E-state index contributed by atoms with van der Waals surface area (Å²) < 4.78 is 27.2. The third-order valence-corrected chi connectivity index (χ3v) is 4.76. The van der Waals surface area contributed by atoms with Crippen molar-refractivity contribution < 1.29 is 8.42 Å². The topological polar surface area (TPSA) is 98.6 Å². The predicted molar refractivity (Wildman–Crippen MR) is 83.1 cm³/mol. The van der Waals surface area contributed by atoms with Gasteiger partial charge in [-0.3, -0.25) is 9.82 Å². The normalized spacial score (nSPS) is 11.3. The minimum Gasteiger partial charge on any atom is -0.280 e. The zero-order valence-corrected chi connectivity index (χ0v) is 12.6. The molecule has 0 atom stereocenters. The van der Waals surface area contributed by atoms with Crippen molar-refractivity contribution in [3.05, 3.63) is 53.2 Å². The molecule has 0 saturated heterocycles. The number of hydrogen-bond donors (Lipinski definition) is 2. The first-order valence-corrected chi connectivity index (χ1v) is 8.01. The summed E-state index contributed by atoms with van der Waals surface area (Å²) >= 11 is 5.87.